The van der Waals surface area contributed by atoms with Crippen molar-refractivity contribution in [3.05, 3.63) is 60.4 Å². The molecule has 4 aromatic rings. The van der Waals surface area contributed by atoms with E-state index < -0.39 is 0 Å². The molecule has 0 saturated heterocycles. The molecular formula is C19H17FN4. The molecule has 0 spiro atoms. The van der Waals surface area contributed by atoms with Crippen LogP contribution in [-0.4, -0.2) is 27.6 Å². The van der Waals surface area contributed by atoms with Gasteiger partial charge < -0.3 is 14.5 Å². The largest absolute Gasteiger partial charge is 0.369 e. The van der Waals surface area contributed by atoms with Crippen LogP contribution in [0.1, 0.15) is 5.56 Å². The fraction of sp³-hybridized carbons (Fsp3) is 0.211. The standard InChI is InChI=1S/C19H17FN4/c20-16-3-1-2-14-15-10-13-4-6-24(9-8-23-7-5-21-12-23)18(13)11-17(15)22-19(14)16/h1-3,5,7,10-12,22H,4,6,8-9H2. The molecule has 5 rings (SSSR count). The molecule has 1 aliphatic rings. The SMILES string of the molecule is Fc1cccc2c1[nH]c1cc3c(cc12)CCN3CCn1ccnc1. The maximum Gasteiger partial charge on any atom is 0.147 e. The van der Waals surface area contributed by atoms with Gasteiger partial charge in [-0.3, -0.25) is 0 Å². The lowest BCUT2D eigenvalue weighted by Gasteiger charge is -2.19. The van der Waals surface area contributed by atoms with Gasteiger partial charge in [0.1, 0.15) is 5.82 Å². The quantitative estimate of drug-likeness (QED) is 0.624. The number of nitrogens with one attached hydrogen (secondary N) is 1. The normalized spacial score (nSPS) is 14.0. The van der Waals surface area contributed by atoms with Crippen LogP contribution in [0, 0.1) is 5.82 Å². The summed E-state index contributed by atoms with van der Waals surface area (Å²) < 4.78 is 16.1. The molecule has 0 atom stereocenters. The molecule has 0 amide bonds. The van der Waals surface area contributed by atoms with Crippen molar-refractivity contribution in [3.63, 3.8) is 0 Å². The second-order valence-corrected chi connectivity index (χ2v) is 6.35. The number of imidazole rings is 1. The summed E-state index contributed by atoms with van der Waals surface area (Å²) in [6.45, 7) is 2.89. The third kappa shape index (κ3) is 2.01. The number of fused-ring (bicyclic) bond motifs is 4. The third-order valence-corrected chi connectivity index (χ3v) is 4.96. The van der Waals surface area contributed by atoms with Gasteiger partial charge in [-0.2, -0.15) is 0 Å². The van der Waals surface area contributed by atoms with Crippen LogP contribution in [0.4, 0.5) is 10.1 Å². The number of aromatic amines is 1. The molecule has 0 aliphatic carbocycles. The molecule has 1 aliphatic heterocycles. The molecule has 2 aromatic heterocycles. The zero-order chi connectivity index (χ0) is 16.1. The second kappa shape index (κ2) is 5.09. The lowest BCUT2D eigenvalue weighted by Crippen LogP contribution is -2.24. The van der Waals surface area contributed by atoms with Crippen molar-refractivity contribution in [3.8, 4) is 0 Å². The number of hydrogen-bond donors (Lipinski definition) is 1. The fourth-order valence-electron chi connectivity index (χ4n) is 3.73. The predicted molar refractivity (Wildman–Crippen MR) is 93.9 cm³/mol. The number of hydrogen-bond acceptors (Lipinski definition) is 2. The van der Waals surface area contributed by atoms with Crippen LogP contribution in [0.25, 0.3) is 21.8 Å². The van der Waals surface area contributed by atoms with Crippen molar-refractivity contribution in [1.29, 1.82) is 0 Å². The van der Waals surface area contributed by atoms with Crippen molar-refractivity contribution < 1.29 is 4.39 Å². The number of H-pyrrole nitrogens is 1. The van der Waals surface area contributed by atoms with E-state index in [2.05, 4.69) is 31.6 Å². The Morgan fingerprint density at radius 3 is 3.00 bits per heavy atom. The summed E-state index contributed by atoms with van der Waals surface area (Å²) >= 11 is 0. The smallest absolute Gasteiger partial charge is 0.147 e. The summed E-state index contributed by atoms with van der Waals surface area (Å²) in [5.41, 5.74) is 4.21. The lowest BCUT2D eigenvalue weighted by atomic mass is 10.1. The van der Waals surface area contributed by atoms with E-state index in [1.54, 1.807) is 12.3 Å². The van der Waals surface area contributed by atoms with Crippen molar-refractivity contribution >= 4 is 27.5 Å². The van der Waals surface area contributed by atoms with Gasteiger partial charge in [0.2, 0.25) is 0 Å². The predicted octanol–water partition coefficient (Wildman–Crippen LogP) is 3.72. The first-order chi connectivity index (χ1) is 11.8. The molecule has 1 N–H and O–H groups in total. The first-order valence-electron chi connectivity index (χ1n) is 8.23. The minimum absolute atomic E-state index is 0.194. The second-order valence-electron chi connectivity index (χ2n) is 6.35. The number of anilines is 1. The number of nitrogens with zero attached hydrogens (tertiary/aromatic N) is 3. The maximum atomic E-state index is 14.0. The number of benzene rings is 2. The monoisotopic (exact) mass is 320 g/mol. The van der Waals surface area contributed by atoms with E-state index in [1.165, 1.54) is 17.3 Å². The molecule has 0 radical (unpaired) electrons. The minimum atomic E-state index is -0.194. The van der Waals surface area contributed by atoms with Gasteiger partial charge in [0, 0.05) is 54.0 Å². The van der Waals surface area contributed by atoms with Crippen molar-refractivity contribution in [2.75, 3.05) is 18.0 Å². The Bertz CT molecular complexity index is 1030. The Morgan fingerprint density at radius 1 is 1.17 bits per heavy atom. The summed E-state index contributed by atoms with van der Waals surface area (Å²) in [5, 5.41) is 2.07. The van der Waals surface area contributed by atoms with Crippen LogP contribution >= 0.6 is 0 Å². The van der Waals surface area contributed by atoms with Gasteiger partial charge in [-0.1, -0.05) is 12.1 Å². The zero-order valence-corrected chi connectivity index (χ0v) is 13.2. The Kier molecular flexibility index (Phi) is 2.89. The van der Waals surface area contributed by atoms with Gasteiger partial charge in [0.05, 0.1) is 11.8 Å². The number of para-hydroxylation sites is 1. The maximum absolute atomic E-state index is 14.0. The third-order valence-electron chi connectivity index (χ3n) is 4.96. The van der Waals surface area contributed by atoms with Gasteiger partial charge in [-0.25, -0.2) is 9.37 Å². The van der Waals surface area contributed by atoms with E-state index in [-0.39, 0.29) is 5.82 Å². The van der Waals surface area contributed by atoms with Gasteiger partial charge in [0.15, 0.2) is 0 Å². The first kappa shape index (κ1) is 13.6. The Balaban J connectivity index is 1.55. The Morgan fingerprint density at radius 2 is 2.12 bits per heavy atom. The molecular weight excluding hydrogens is 303 g/mol. The van der Waals surface area contributed by atoms with Gasteiger partial charge in [-0.05, 0) is 30.2 Å². The van der Waals surface area contributed by atoms with Crippen LogP contribution in [0.5, 0.6) is 0 Å². The van der Waals surface area contributed by atoms with E-state index in [0.29, 0.717) is 5.52 Å². The highest BCUT2D eigenvalue weighted by Gasteiger charge is 2.21. The van der Waals surface area contributed by atoms with Crippen LogP contribution in [0.2, 0.25) is 0 Å². The summed E-state index contributed by atoms with van der Waals surface area (Å²) in [6, 6.07) is 9.65. The molecule has 0 fully saturated rings. The van der Waals surface area contributed by atoms with Gasteiger partial charge in [-0.15, -0.1) is 0 Å². The average Bonchev–Trinajstić information content (AvgIpc) is 3.30. The highest BCUT2D eigenvalue weighted by molar-refractivity contribution is 6.08. The Hall–Kier alpha value is -2.82. The van der Waals surface area contributed by atoms with Crippen molar-refractivity contribution in [2.24, 2.45) is 0 Å². The van der Waals surface area contributed by atoms with Crippen LogP contribution < -0.4 is 4.90 Å². The summed E-state index contributed by atoms with van der Waals surface area (Å²) in [6.07, 6.45) is 6.68. The molecule has 5 heteroatoms. The Labute approximate surface area is 138 Å². The number of aromatic nitrogens is 3. The topological polar surface area (TPSA) is 36.9 Å². The molecule has 24 heavy (non-hydrogen) atoms. The van der Waals surface area contributed by atoms with E-state index >= 15 is 0 Å². The van der Waals surface area contributed by atoms with Crippen molar-refractivity contribution in [2.45, 2.75) is 13.0 Å². The molecule has 0 unspecified atom stereocenters. The average molecular weight is 320 g/mol. The van der Waals surface area contributed by atoms with Crippen LogP contribution in [0.15, 0.2) is 49.1 Å². The van der Waals surface area contributed by atoms with E-state index in [4.69, 9.17) is 0 Å². The van der Waals surface area contributed by atoms with Gasteiger partial charge in [0.25, 0.3) is 0 Å². The first-order valence-corrected chi connectivity index (χ1v) is 8.23. The molecule has 4 nitrogen and oxygen atoms in total. The molecule has 0 saturated carbocycles. The zero-order valence-electron chi connectivity index (χ0n) is 13.2. The molecule has 3 heterocycles. The van der Waals surface area contributed by atoms with Crippen molar-refractivity contribution in [1.82, 2.24) is 14.5 Å². The molecule has 0 bridgehead atoms. The molecule has 2 aromatic carbocycles. The summed E-state index contributed by atoms with van der Waals surface area (Å²) in [5.74, 6) is -0.194. The van der Waals surface area contributed by atoms with Gasteiger partial charge >= 0.3 is 0 Å². The van der Waals surface area contributed by atoms with Crippen LogP contribution in [-0.2, 0) is 13.0 Å². The summed E-state index contributed by atoms with van der Waals surface area (Å²) in [7, 11) is 0. The number of rotatable bonds is 3. The molecule has 120 valence electrons. The van der Waals surface area contributed by atoms with Crippen LogP contribution in [0.3, 0.4) is 0 Å². The highest BCUT2D eigenvalue weighted by atomic mass is 19.1. The fourth-order valence-corrected chi connectivity index (χ4v) is 3.73. The lowest BCUT2D eigenvalue weighted by molar-refractivity contribution is 0.637. The van der Waals surface area contributed by atoms with E-state index in [0.717, 1.165) is 42.3 Å². The van der Waals surface area contributed by atoms with E-state index in [1.807, 2.05) is 18.6 Å². The minimum Gasteiger partial charge on any atom is -0.369 e. The highest BCUT2D eigenvalue weighted by Crippen LogP contribution is 2.35. The number of halogens is 1. The van der Waals surface area contributed by atoms with E-state index in [9.17, 15) is 4.39 Å². The summed E-state index contributed by atoms with van der Waals surface area (Å²) in [4.78, 5) is 9.74.